The van der Waals surface area contributed by atoms with E-state index in [1.54, 1.807) is 30.3 Å². The molecular formula is C22H28N6O4S. The molecule has 5 N–H and O–H groups in total. The zero-order valence-corrected chi connectivity index (χ0v) is 19.4. The Morgan fingerprint density at radius 1 is 1.24 bits per heavy atom. The van der Waals surface area contributed by atoms with Crippen molar-refractivity contribution in [2.24, 2.45) is 12.8 Å². The SMILES string of the molecule is CCCCS(=O)(=O)N(CC(=O)O)c1ccc2c(c1)nc(CNc1ccc(C(=N)N)cc1)n2C. The van der Waals surface area contributed by atoms with Crippen LogP contribution in [0.2, 0.25) is 0 Å². The number of hydrogen-bond donors (Lipinski definition) is 4. The number of carbonyl (C=O) groups is 1. The van der Waals surface area contributed by atoms with Gasteiger partial charge < -0.3 is 20.7 Å². The summed E-state index contributed by atoms with van der Waals surface area (Å²) in [6.07, 6.45) is 1.14. The predicted octanol–water partition coefficient (Wildman–Crippen LogP) is 2.49. The third-order valence-corrected chi connectivity index (χ3v) is 7.08. The maximum Gasteiger partial charge on any atom is 0.324 e. The van der Waals surface area contributed by atoms with Gasteiger partial charge in [-0.25, -0.2) is 13.4 Å². The molecule has 33 heavy (non-hydrogen) atoms. The van der Waals surface area contributed by atoms with Gasteiger partial charge in [0, 0.05) is 18.3 Å². The maximum absolute atomic E-state index is 12.8. The zero-order chi connectivity index (χ0) is 24.2. The first-order valence-electron chi connectivity index (χ1n) is 10.5. The smallest absolute Gasteiger partial charge is 0.324 e. The topological polar surface area (TPSA) is 154 Å². The van der Waals surface area contributed by atoms with E-state index in [0.29, 0.717) is 30.5 Å². The first-order valence-corrected chi connectivity index (χ1v) is 12.1. The van der Waals surface area contributed by atoms with E-state index in [2.05, 4.69) is 10.3 Å². The van der Waals surface area contributed by atoms with E-state index in [4.69, 9.17) is 11.1 Å². The number of carboxylic acids is 1. The maximum atomic E-state index is 12.8. The number of nitrogen functional groups attached to an aromatic ring is 1. The highest BCUT2D eigenvalue weighted by Gasteiger charge is 2.25. The summed E-state index contributed by atoms with van der Waals surface area (Å²) in [5.41, 5.74) is 8.59. The Kier molecular flexibility index (Phi) is 7.22. The van der Waals surface area contributed by atoms with Gasteiger partial charge in [0.05, 0.1) is 29.0 Å². The van der Waals surface area contributed by atoms with E-state index < -0.39 is 22.5 Å². The Morgan fingerprint density at radius 2 is 1.94 bits per heavy atom. The van der Waals surface area contributed by atoms with Gasteiger partial charge >= 0.3 is 5.97 Å². The molecule has 0 unspecified atom stereocenters. The Bertz CT molecular complexity index is 1270. The van der Waals surface area contributed by atoms with Gasteiger partial charge in [-0.3, -0.25) is 14.5 Å². The van der Waals surface area contributed by atoms with Gasteiger partial charge in [-0.05, 0) is 48.9 Å². The Labute approximate surface area is 192 Å². The van der Waals surface area contributed by atoms with E-state index in [1.807, 2.05) is 30.7 Å². The van der Waals surface area contributed by atoms with Gasteiger partial charge in [0.25, 0.3) is 0 Å². The van der Waals surface area contributed by atoms with Crippen LogP contribution in [-0.2, 0) is 28.4 Å². The van der Waals surface area contributed by atoms with Gasteiger partial charge in [-0.15, -0.1) is 0 Å². The summed E-state index contributed by atoms with van der Waals surface area (Å²) in [5.74, 6) is -0.621. The number of benzene rings is 2. The number of nitrogens with one attached hydrogen (secondary N) is 2. The molecule has 0 aliphatic heterocycles. The molecule has 0 atom stereocenters. The lowest BCUT2D eigenvalue weighted by Crippen LogP contribution is -2.37. The summed E-state index contributed by atoms with van der Waals surface area (Å²) >= 11 is 0. The van der Waals surface area contributed by atoms with E-state index in [-0.39, 0.29) is 17.3 Å². The number of nitrogens with two attached hydrogens (primary N) is 1. The van der Waals surface area contributed by atoms with Gasteiger partial charge in [0.1, 0.15) is 18.2 Å². The molecule has 0 bridgehead atoms. The summed E-state index contributed by atoms with van der Waals surface area (Å²) in [5, 5.41) is 20.0. The molecule has 1 heterocycles. The van der Waals surface area contributed by atoms with Crippen LogP contribution >= 0.6 is 0 Å². The second kappa shape index (κ2) is 9.90. The zero-order valence-electron chi connectivity index (χ0n) is 18.6. The summed E-state index contributed by atoms with van der Waals surface area (Å²) in [6, 6.07) is 12.1. The Hall–Kier alpha value is -3.60. The first kappa shape index (κ1) is 24.1. The van der Waals surface area contributed by atoms with E-state index in [9.17, 15) is 18.3 Å². The number of fused-ring (bicyclic) bond motifs is 1. The van der Waals surface area contributed by atoms with Crippen LogP contribution < -0.4 is 15.4 Å². The molecule has 3 rings (SSSR count). The van der Waals surface area contributed by atoms with Crippen LogP contribution in [0.3, 0.4) is 0 Å². The number of amidine groups is 1. The van der Waals surface area contributed by atoms with Crippen molar-refractivity contribution in [3.8, 4) is 0 Å². The van der Waals surface area contributed by atoms with Crippen molar-refractivity contribution in [3.05, 3.63) is 53.9 Å². The molecule has 0 saturated carbocycles. The molecule has 0 amide bonds. The predicted molar refractivity (Wildman–Crippen MR) is 129 cm³/mol. The number of carboxylic acid groups (broad SMARTS) is 1. The van der Waals surface area contributed by atoms with E-state index >= 15 is 0 Å². The van der Waals surface area contributed by atoms with Crippen LogP contribution in [0.15, 0.2) is 42.5 Å². The second-order valence-corrected chi connectivity index (χ2v) is 9.69. The monoisotopic (exact) mass is 472 g/mol. The molecule has 0 spiro atoms. The van der Waals surface area contributed by atoms with Crippen molar-refractivity contribution < 1.29 is 18.3 Å². The van der Waals surface area contributed by atoms with Crippen LogP contribution in [0.5, 0.6) is 0 Å². The molecule has 0 saturated heterocycles. The largest absolute Gasteiger partial charge is 0.480 e. The number of rotatable bonds is 11. The van der Waals surface area contributed by atoms with Crippen molar-refractivity contribution in [3.63, 3.8) is 0 Å². The van der Waals surface area contributed by atoms with Crippen molar-refractivity contribution in [2.45, 2.75) is 26.3 Å². The number of imidazole rings is 1. The Balaban J connectivity index is 1.86. The normalized spacial score (nSPS) is 11.5. The van der Waals surface area contributed by atoms with Crippen LogP contribution in [0, 0.1) is 5.41 Å². The molecule has 0 fully saturated rings. The number of nitrogens with zero attached hydrogens (tertiary/aromatic N) is 3. The number of aryl methyl sites for hydroxylation is 1. The van der Waals surface area contributed by atoms with E-state index in [0.717, 1.165) is 21.3 Å². The highest BCUT2D eigenvalue weighted by molar-refractivity contribution is 7.92. The third-order valence-electron chi connectivity index (χ3n) is 5.26. The lowest BCUT2D eigenvalue weighted by molar-refractivity contribution is -0.135. The van der Waals surface area contributed by atoms with Gasteiger partial charge in [-0.2, -0.15) is 0 Å². The standard InChI is InChI=1S/C22H28N6O4S/c1-3-4-11-33(31,32)28(14-21(29)30)17-9-10-19-18(12-17)26-20(27(19)2)13-25-16-7-5-15(6-8-16)22(23)24/h5-10,12,25H,3-4,11,13-14H2,1-2H3,(H3,23,24)(H,29,30). The number of unbranched alkanes of at least 4 members (excludes halogenated alkanes) is 1. The van der Waals surface area contributed by atoms with Gasteiger partial charge in [0.2, 0.25) is 10.0 Å². The van der Waals surface area contributed by atoms with Crippen molar-refractivity contribution in [2.75, 3.05) is 21.9 Å². The summed E-state index contributed by atoms with van der Waals surface area (Å²) in [7, 11) is -1.92. The third kappa shape index (κ3) is 5.61. The lowest BCUT2D eigenvalue weighted by Gasteiger charge is -2.22. The summed E-state index contributed by atoms with van der Waals surface area (Å²) < 4.78 is 28.4. The minimum Gasteiger partial charge on any atom is -0.480 e. The fourth-order valence-electron chi connectivity index (χ4n) is 3.41. The molecule has 3 aromatic rings. The van der Waals surface area contributed by atoms with Crippen LogP contribution in [0.4, 0.5) is 11.4 Å². The van der Waals surface area contributed by atoms with Crippen LogP contribution in [0.25, 0.3) is 11.0 Å². The fraction of sp³-hybridized carbons (Fsp3) is 0.318. The number of aromatic nitrogens is 2. The summed E-state index contributed by atoms with van der Waals surface area (Å²) in [4.78, 5) is 16.0. The molecule has 2 aromatic carbocycles. The molecule has 0 aliphatic rings. The molecular weight excluding hydrogens is 444 g/mol. The summed E-state index contributed by atoms with van der Waals surface area (Å²) in [6.45, 7) is 1.65. The van der Waals surface area contributed by atoms with E-state index in [1.165, 1.54) is 0 Å². The minimum atomic E-state index is -3.78. The van der Waals surface area contributed by atoms with Crippen LogP contribution in [0.1, 0.15) is 31.2 Å². The number of hydrogen-bond acceptors (Lipinski definition) is 6. The first-order chi connectivity index (χ1) is 15.6. The molecule has 0 aliphatic carbocycles. The number of sulfonamides is 1. The number of aliphatic carboxylic acids is 1. The van der Waals surface area contributed by atoms with Gasteiger partial charge in [-0.1, -0.05) is 13.3 Å². The molecule has 11 heteroatoms. The van der Waals surface area contributed by atoms with Crippen molar-refractivity contribution >= 4 is 44.2 Å². The average molecular weight is 473 g/mol. The Morgan fingerprint density at radius 3 is 2.55 bits per heavy atom. The highest BCUT2D eigenvalue weighted by Crippen LogP contribution is 2.25. The van der Waals surface area contributed by atoms with Crippen LogP contribution in [-0.4, -0.2) is 47.2 Å². The molecule has 0 radical (unpaired) electrons. The average Bonchev–Trinajstić information content (AvgIpc) is 3.09. The highest BCUT2D eigenvalue weighted by atomic mass is 32.2. The van der Waals surface area contributed by atoms with Crippen molar-refractivity contribution in [1.29, 1.82) is 5.41 Å². The second-order valence-electron chi connectivity index (χ2n) is 7.67. The molecule has 1 aromatic heterocycles. The quantitative estimate of drug-likeness (QED) is 0.247. The fourth-order valence-corrected chi connectivity index (χ4v) is 5.03. The van der Waals surface area contributed by atoms with Crippen molar-refractivity contribution in [1.82, 2.24) is 9.55 Å². The minimum absolute atomic E-state index is 0.00125. The lowest BCUT2D eigenvalue weighted by atomic mass is 10.2. The number of anilines is 2. The molecule has 176 valence electrons. The van der Waals surface area contributed by atoms with Gasteiger partial charge in [0.15, 0.2) is 0 Å². The molecule has 10 nitrogen and oxygen atoms in total.